The number of para-hydroxylation sites is 1. The van der Waals surface area contributed by atoms with Gasteiger partial charge in [0.1, 0.15) is 11.4 Å². The Kier molecular flexibility index (Phi) is 12.8. The molecule has 294 valence electrons. The summed E-state index contributed by atoms with van der Waals surface area (Å²) in [5.41, 5.74) is 4.57. The second-order valence-corrected chi connectivity index (χ2v) is 14.7. The zero-order valence-electron chi connectivity index (χ0n) is 32.8. The average Bonchev–Trinajstić information content (AvgIpc) is 3.65. The zero-order valence-corrected chi connectivity index (χ0v) is 32.8. The largest absolute Gasteiger partial charge is 0.493 e. The summed E-state index contributed by atoms with van der Waals surface area (Å²) in [6, 6.07) is 20.3. The van der Waals surface area contributed by atoms with Gasteiger partial charge in [-0.3, -0.25) is 9.58 Å². The molecule has 2 aromatic heterocycles. The molecule has 1 aliphatic heterocycles. The van der Waals surface area contributed by atoms with E-state index in [4.69, 9.17) is 24.0 Å². The summed E-state index contributed by atoms with van der Waals surface area (Å²) < 4.78 is 27.0. The number of esters is 1. The van der Waals surface area contributed by atoms with Gasteiger partial charge in [0.15, 0.2) is 0 Å². The minimum atomic E-state index is -0.868. The minimum absolute atomic E-state index is 0.211. The van der Waals surface area contributed by atoms with Gasteiger partial charge in [0.05, 0.1) is 49.9 Å². The van der Waals surface area contributed by atoms with E-state index >= 15 is 0 Å². The predicted octanol–water partition coefficient (Wildman–Crippen LogP) is 6.78. The van der Waals surface area contributed by atoms with Crippen LogP contribution in [-0.2, 0) is 47.4 Å². The smallest absolute Gasteiger partial charge is 0.407 e. The van der Waals surface area contributed by atoms with E-state index < -0.39 is 17.7 Å². The Morgan fingerprint density at radius 2 is 1.75 bits per heavy atom. The van der Waals surface area contributed by atoms with Crippen molar-refractivity contribution in [3.8, 4) is 16.9 Å². The number of benzene rings is 3. The highest BCUT2D eigenvalue weighted by atomic mass is 16.6. The van der Waals surface area contributed by atoms with Crippen molar-refractivity contribution in [3.63, 3.8) is 0 Å². The number of ether oxygens (including phenoxy) is 4. The van der Waals surface area contributed by atoms with Gasteiger partial charge in [-0.1, -0.05) is 68.4 Å². The zero-order chi connectivity index (χ0) is 39.1. The molecule has 12 nitrogen and oxygen atoms in total. The number of amides is 1. The molecule has 1 N–H and O–H groups in total. The first-order valence-corrected chi connectivity index (χ1v) is 19.2. The summed E-state index contributed by atoms with van der Waals surface area (Å²) in [6.45, 7) is 13.9. The molecule has 3 heterocycles. The van der Waals surface area contributed by atoms with Crippen LogP contribution in [0.5, 0.6) is 5.75 Å². The maximum absolute atomic E-state index is 14.1. The van der Waals surface area contributed by atoms with Crippen LogP contribution in [0.2, 0.25) is 0 Å². The van der Waals surface area contributed by atoms with E-state index in [-0.39, 0.29) is 13.2 Å². The monoisotopic (exact) mass is 752 g/mol. The summed E-state index contributed by atoms with van der Waals surface area (Å²) >= 11 is 0. The van der Waals surface area contributed by atoms with Gasteiger partial charge in [-0.25, -0.2) is 9.59 Å². The highest BCUT2D eigenvalue weighted by molar-refractivity contribution is 6.05. The van der Waals surface area contributed by atoms with Crippen LogP contribution in [0.15, 0.2) is 60.7 Å². The van der Waals surface area contributed by atoms with Crippen LogP contribution in [0.4, 0.5) is 4.79 Å². The lowest BCUT2D eigenvalue weighted by molar-refractivity contribution is 0.0336. The van der Waals surface area contributed by atoms with Crippen molar-refractivity contribution in [2.45, 2.75) is 65.3 Å². The number of hydrogen-bond acceptors (Lipinski definition) is 9. The number of fused-ring (bicyclic) bond motifs is 2. The average molecular weight is 753 g/mol. The fourth-order valence-corrected chi connectivity index (χ4v) is 7.41. The van der Waals surface area contributed by atoms with Gasteiger partial charge in [0.25, 0.3) is 0 Å². The van der Waals surface area contributed by atoms with E-state index in [1.54, 1.807) is 32.5 Å². The lowest BCUT2D eigenvalue weighted by atomic mass is 9.97. The van der Waals surface area contributed by atoms with Gasteiger partial charge >= 0.3 is 12.1 Å². The second kappa shape index (κ2) is 17.7. The lowest BCUT2D eigenvalue weighted by Gasteiger charge is -2.30. The number of aryl methyl sites for hydroxylation is 3. The first-order chi connectivity index (χ1) is 26.5. The van der Waals surface area contributed by atoms with Gasteiger partial charge < -0.3 is 40.4 Å². The third kappa shape index (κ3) is 9.15. The third-order valence-electron chi connectivity index (χ3n) is 9.92. The number of aliphatic hydroxyl groups is 1. The number of nitrogens with zero attached hydrogens (tertiary/aromatic N) is 5. The van der Waals surface area contributed by atoms with Crippen molar-refractivity contribution >= 4 is 33.7 Å². The molecule has 5 aromatic rings. The van der Waals surface area contributed by atoms with Gasteiger partial charge in [-0.2, -0.15) is 5.10 Å². The predicted molar refractivity (Wildman–Crippen MR) is 213 cm³/mol. The molecule has 0 bridgehead atoms. The van der Waals surface area contributed by atoms with Crippen LogP contribution in [-0.4, -0.2) is 100 Å². The van der Waals surface area contributed by atoms with E-state index in [1.165, 1.54) is 4.90 Å². The highest BCUT2D eigenvalue weighted by Crippen LogP contribution is 2.39. The molecule has 6 rings (SSSR count). The molecule has 1 amide bonds. The molecule has 0 saturated carbocycles. The number of morpholine rings is 1. The maximum atomic E-state index is 14.1. The van der Waals surface area contributed by atoms with Crippen LogP contribution < -0.4 is 4.74 Å². The summed E-state index contributed by atoms with van der Waals surface area (Å²) in [5, 5.41) is 18.7. The molecule has 0 unspecified atom stereocenters. The molecule has 0 spiro atoms. The van der Waals surface area contributed by atoms with Crippen molar-refractivity contribution in [1.29, 1.82) is 0 Å². The quantitative estimate of drug-likeness (QED) is 0.0661. The molecule has 0 aliphatic carbocycles. The molecule has 1 fully saturated rings. The molecule has 3 aromatic carbocycles. The van der Waals surface area contributed by atoms with E-state index in [9.17, 15) is 14.7 Å². The van der Waals surface area contributed by atoms with E-state index in [0.29, 0.717) is 70.1 Å². The molecule has 0 radical (unpaired) electrons. The van der Waals surface area contributed by atoms with Gasteiger partial charge in [0.2, 0.25) is 0 Å². The SMILES string of the molecule is [CH2-]C(C)(C)OC(=O)N(C)CCCn1c(C(=O)OCC)c(CCCOc2cccc3ccccc23)c2cccc(-c3c(CN4CCOCC4)nn(C)c3CO)c21. The minimum Gasteiger partial charge on any atom is -0.493 e. The first kappa shape index (κ1) is 39.8. The van der Waals surface area contributed by atoms with Crippen LogP contribution in [0, 0.1) is 6.92 Å². The van der Waals surface area contributed by atoms with Crippen molar-refractivity contribution in [2.24, 2.45) is 7.05 Å². The topological polar surface area (TPSA) is 121 Å². The first-order valence-electron chi connectivity index (χ1n) is 19.2. The molecule has 0 atom stereocenters. The van der Waals surface area contributed by atoms with Crippen molar-refractivity contribution in [1.82, 2.24) is 24.1 Å². The normalized spacial score (nSPS) is 13.7. The van der Waals surface area contributed by atoms with Gasteiger partial charge in [-0.05, 0) is 48.8 Å². The number of carbonyl (C=O) groups excluding carboxylic acids is 2. The van der Waals surface area contributed by atoms with E-state index in [1.807, 2.05) is 48.0 Å². The van der Waals surface area contributed by atoms with Crippen LogP contribution in [0.3, 0.4) is 0 Å². The fourth-order valence-electron chi connectivity index (χ4n) is 7.41. The fraction of sp³-hybridized carbons (Fsp3) is 0.442. The van der Waals surface area contributed by atoms with Crippen LogP contribution in [0.1, 0.15) is 61.1 Å². The van der Waals surface area contributed by atoms with E-state index in [2.05, 4.69) is 36.1 Å². The van der Waals surface area contributed by atoms with Gasteiger partial charge in [-0.15, -0.1) is 0 Å². The number of carbonyl (C=O) groups is 2. The third-order valence-corrected chi connectivity index (χ3v) is 9.92. The Bertz CT molecular complexity index is 2100. The van der Waals surface area contributed by atoms with Crippen LogP contribution >= 0.6 is 0 Å². The number of aromatic nitrogens is 3. The highest BCUT2D eigenvalue weighted by Gasteiger charge is 2.29. The maximum Gasteiger partial charge on any atom is 0.407 e. The number of hydrogen-bond donors (Lipinski definition) is 1. The standard InChI is InChI=1S/C43H54N5O7/c1-7-53-41(50)40-33(19-12-25-54-37-20-10-15-30-14-8-9-16-31(30)37)32-17-11-18-34(39(32)48(40)22-13-21-45(5)42(51)55-43(2,3)4)38-35(44-46(6)36(38)29-49)28-47-23-26-52-27-24-47/h8-11,14-18,20,49H,2,7,12-13,19,21-29H2,1,3-6H3/q-1. The second-order valence-electron chi connectivity index (χ2n) is 14.7. The number of aliphatic hydroxyl groups excluding tert-OH is 1. The molecule has 1 saturated heterocycles. The van der Waals surface area contributed by atoms with Crippen molar-refractivity contribution < 1.29 is 33.6 Å². The van der Waals surface area contributed by atoms with Crippen molar-refractivity contribution in [3.05, 3.63) is 90.2 Å². The number of rotatable bonds is 16. The van der Waals surface area contributed by atoms with Crippen molar-refractivity contribution in [2.75, 3.05) is 53.1 Å². The van der Waals surface area contributed by atoms with Gasteiger partial charge in [0, 0.05) is 68.7 Å². The van der Waals surface area contributed by atoms with Crippen LogP contribution in [0.25, 0.3) is 32.8 Å². The molecule has 1 aliphatic rings. The summed E-state index contributed by atoms with van der Waals surface area (Å²) in [6.07, 6.45) is 1.26. The summed E-state index contributed by atoms with van der Waals surface area (Å²) in [5.74, 6) is 0.405. The molecule has 55 heavy (non-hydrogen) atoms. The Morgan fingerprint density at radius 3 is 2.49 bits per heavy atom. The molecular formula is C43H54N5O7-. The Morgan fingerprint density at radius 1 is 1.02 bits per heavy atom. The Balaban J connectivity index is 1.42. The Labute approximate surface area is 323 Å². The summed E-state index contributed by atoms with van der Waals surface area (Å²) in [4.78, 5) is 30.8. The Hall–Kier alpha value is -4.91. The summed E-state index contributed by atoms with van der Waals surface area (Å²) in [7, 11) is 3.55. The molecule has 12 heteroatoms. The molecular weight excluding hydrogens is 699 g/mol. The van der Waals surface area contributed by atoms with E-state index in [0.717, 1.165) is 62.9 Å². The lowest BCUT2D eigenvalue weighted by Crippen LogP contribution is -2.35.